The highest BCUT2D eigenvalue weighted by Gasteiger charge is 2.38. The number of halogens is 7. The van der Waals surface area contributed by atoms with Crippen molar-refractivity contribution in [2.24, 2.45) is 0 Å². The van der Waals surface area contributed by atoms with E-state index in [0.717, 1.165) is 25.1 Å². The summed E-state index contributed by atoms with van der Waals surface area (Å²) in [5.74, 6) is -2.90. The number of nitrogens with one attached hydrogen (secondary N) is 1. The van der Waals surface area contributed by atoms with Gasteiger partial charge in [0.25, 0.3) is 0 Å². The molecule has 0 aliphatic heterocycles. The third-order valence-electron chi connectivity index (χ3n) is 4.57. The van der Waals surface area contributed by atoms with Crippen molar-refractivity contribution in [3.05, 3.63) is 47.5 Å². The maximum absolute atomic E-state index is 12.9. The number of carbonyl (C=O) groups excluding carboxylic acids is 1. The predicted octanol–water partition coefficient (Wildman–Crippen LogP) is 4.68. The Labute approximate surface area is 192 Å². The molecule has 4 rings (SSSR count). The van der Waals surface area contributed by atoms with E-state index >= 15 is 0 Å². The highest BCUT2D eigenvalue weighted by atomic mass is 35.5. The Bertz CT molecular complexity index is 1220. The van der Waals surface area contributed by atoms with Crippen molar-refractivity contribution in [3.63, 3.8) is 0 Å². The number of hydrogen-bond acceptors (Lipinski definition) is 4. The maximum atomic E-state index is 12.9. The highest BCUT2D eigenvalue weighted by molar-refractivity contribution is 6.35. The molecule has 182 valence electrons. The second kappa shape index (κ2) is 9.49. The number of aromatic nitrogens is 3. The molecule has 3 aromatic rings. The van der Waals surface area contributed by atoms with Crippen LogP contribution in [0.3, 0.4) is 0 Å². The van der Waals surface area contributed by atoms with Gasteiger partial charge in [0.2, 0.25) is 5.91 Å². The van der Waals surface area contributed by atoms with E-state index < -0.39 is 23.9 Å². The lowest BCUT2D eigenvalue weighted by atomic mass is 10.1. The van der Waals surface area contributed by atoms with Gasteiger partial charge in [0.1, 0.15) is 12.1 Å². The zero-order valence-electron chi connectivity index (χ0n) is 16.9. The summed E-state index contributed by atoms with van der Waals surface area (Å²) in [6.07, 6.45) is -2.45. The molecule has 0 aromatic carbocycles. The maximum Gasteiger partial charge on any atom is 0.490 e. The highest BCUT2D eigenvalue weighted by Crippen LogP contribution is 2.33. The van der Waals surface area contributed by atoms with Gasteiger partial charge in [-0.2, -0.15) is 26.3 Å². The quantitative estimate of drug-likeness (QED) is 0.499. The SMILES string of the molecule is O=C(Cn1cc(Cl)c2ncc(-c3cncc(C(F)(F)F)c3)cc21)NC1CC1.O=C(O)C(F)(F)F. The predicted molar refractivity (Wildman–Crippen MR) is 108 cm³/mol. The summed E-state index contributed by atoms with van der Waals surface area (Å²) >= 11 is 6.19. The van der Waals surface area contributed by atoms with E-state index in [9.17, 15) is 31.1 Å². The van der Waals surface area contributed by atoms with E-state index in [1.807, 2.05) is 0 Å². The molecule has 14 heteroatoms. The third kappa shape index (κ3) is 6.37. The summed E-state index contributed by atoms with van der Waals surface area (Å²) in [5.41, 5.74) is 0.961. The molecule has 0 spiro atoms. The molecule has 0 atom stereocenters. The molecular weight excluding hydrogens is 494 g/mol. The van der Waals surface area contributed by atoms with Crippen LogP contribution in [0, 0.1) is 0 Å². The molecule has 1 aliphatic rings. The molecule has 1 saturated carbocycles. The zero-order valence-corrected chi connectivity index (χ0v) is 17.7. The number of rotatable bonds is 4. The van der Waals surface area contributed by atoms with Gasteiger partial charge in [-0.3, -0.25) is 14.8 Å². The summed E-state index contributed by atoms with van der Waals surface area (Å²) < 4.78 is 72.2. The molecule has 3 heterocycles. The van der Waals surface area contributed by atoms with Gasteiger partial charge in [-0.15, -0.1) is 0 Å². The Morgan fingerprint density at radius 3 is 2.26 bits per heavy atom. The van der Waals surface area contributed by atoms with Crippen LogP contribution in [0.25, 0.3) is 22.2 Å². The summed E-state index contributed by atoms with van der Waals surface area (Å²) in [5, 5.41) is 10.4. The van der Waals surface area contributed by atoms with Gasteiger partial charge < -0.3 is 15.0 Å². The number of pyridine rings is 2. The average Bonchev–Trinajstić information content (AvgIpc) is 3.50. The van der Waals surface area contributed by atoms with E-state index in [4.69, 9.17) is 21.5 Å². The first-order valence-electron chi connectivity index (χ1n) is 9.52. The van der Waals surface area contributed by atoms with Crippen LogP contribution >= 0.6 is 11.6 Å². The van der Waals surface area contributed by atoms with Crippen molar-refractivity contribution < 1.29 is 41.0 Å². The third-order valence-corrected chi connectivity index (χ3v) is 4.85. The zero-order chi connectivity index (χ0) is 25.3. The van der Waals surface area contributed by atoms with Crippen molar-refractivity contribution in [2.75, 3.05) is 0 Å². The van der Waals surface area contributed by atoms with Crippen LogP contribution in [0.4, 0.5) is 26.3 Å². The topological polar surface area (TPSA) is 97.1 Å². The van der Waals surface area contributed by atoms with Gasteiger partial charge >= 0.3 is 18.3 Å². The van der Waals surface area contributed by atoms with Crippen LogP contribution in [-0.2, 0) is 22.3 Å². The second-order valence-corrected chi connectivity index (χ2v) is 7.71. The lowest BCUT2D eigenvalue weighted by molar-refractivity contribution is -0.192. The van der Waals surface area contributed by atoms with Crippen LogP contribution in [0.2, 0.25) is 5.02 Å². The molecule has 1 fully saturated rings. The Morgan fingerprint density at radius 2 is 1.71 bits per heavy atom. The van der Waals surface area contributed by atoms with Crippen LogP contribution in [-0.4, -0.2) is 43.7 Å². The molecule has 7 nitrogen and oxygen atoms in total. The summed E-state index contributed by atoms with van der Waals surface area (Å²) in [6, 6.07) is 2.92. The second-order valence-electron chi connectivity index (χ2n) is 7.30. The Morgan fingerprint density at radius 1 is 1.09 bits per heavy atom. The minimum absolute atomic E-state index is 0.0612. The van der Waals surface area contributed by atoms with Crippen molar-refractivity contribution in [1.82, 2.24) is 19.9 Å². The molecule has 34 heavy (non-hydrogen) atoms. The number of carboxylic acid groups (broad SMARTS) is 1. The molecule has 1 amide bonds. The van der Waals surface area contributed by atoms with Crippen LogP contribution in [0.1, 0.15) is 18.4 Å². The van der Waals surface area contributed by atoms with E-state index in [1.165, 1.54) is 12.4 Å². The summed E-state index contributed by atoms with van der Waals surface area (Å²) in [7, 11) is 0. The van der Waals surface area contributed by atoms with Gasteiger partial charge in [-0.1, -0.05) is 11.6 Å². The first-order chi connectivity index (χ1) is 15.8. The lowest BCUT2D eigenvalue weighted by Gasteiger charge is -2.09. The molecule has 2 N–H and O–H groups in total. The van der Waals surface area contributed by atoms with Gasteiger partial charge in [0.05, 0.1) is 16.1 Å². The summed E-state index contributed by atoms with van der Waals surface area (Å²) in [6.45, 7) is 0.0612. The van der Waals surface area contributed by atoms with E-state index in [1.54, 1.807) is 16.8 Å². The van der Waals surface area contributed by atoms with Gasteiger partial charge in [-0.25, -0.2) is 4.79 Å². The molecule has 3 aromatic heterocycles. The van der Waals surface area contributed by atoms with Crippen molar-refractivity contribution in [1.29, 1.82) is 0 Å². The minimum Gasteiger partial charge on any atom is -0.475 e. The fourth-order valence-corrected chi connectivity index (χ4v) is 3.08. The van der Waals surface area contributed by atoms with Crippen molar-refractivity contribution in [3.8, 4) is 11.1 Å². The first kappa shape index (κ1) is 25.3. The Kier molecular flexibility index (Phi) is 7.05. The monoisotopic (exact) mass is 508 g/mol. The van der Waals surface area contributed by atoms with Crippen molar-refractivity contribution in [2.45, 2.75) is 37.8 Å². The number of amides is 1. The average molecular weight is 509 g/mol. The van der Waals surface area contributed by atoms with Crippen LogP contribution in [0.5, 0.6) is 0 Å². The number of carboxylic acids is 1. The fourth-order valence-electron chi connectivity index (χ4n) is 2.82. The lowest BCUT2D eigenvalue weighted by Crippen LogP contribution is -2.29. The standard InChI is InChI=1S/C18H14ClF3N4O.C2HF3O2/c19-14-8-26(9-16(27)25-13-1-2-13)15-4-11(6-24-17(14)15)10-3-12(7-23-5-10)18(20,21)22;3-2(4,5)1(6)7/h3-8,13H,1-2,9H2,(H,25,27);(H,6,7). The van der Waals surface area contributed by atoms with Crippen LogP contribution < -0.4 is 5.32 Å². The van der Waals surface area contributed by atoms with Gasteiger partial charge in [0.15, 0.2) is 0 Å². The summed E-state index contributed by atoms with van der Waals surface area (Å²) in [4.78, 5) is 28.9. The molecule has 0 unspecified atom stereocenters. The normalized spacial score (nSPS) is 13.9. The fraction of sp³-hybridized carbons (Fsp3) is 0.300. The smallest absolute Gasteiger partial charge is 0.475 e. The molecular formula is C20H15ClF6N4O3. The minimum atomic E-state index is -5.08. The largest absolute Gasteiger partial charge is 0.490 e. The number of aliphatic carboxylic acids is 1. The number of nitrogens with zero attached hydrogens (tertiary/aromatic N) is 3. The van der Waals surface area contributed by atoms with Crippen molar-refractivity contribution >= 4 is 34.5 Å². The van der Waals surface area contributed by atoms with E-state index in [0.29, 0.717) is 21.6 Å². The first-order valence-corrected chi connectivity index (χ1v) is 9.90. The van der Waals surface area contributed by atoms with Gasteiger partial charge in [0, 0.05) is 42.0 Å². The molecule has 0 radical (unpaired) electrons. The molecule has 0 saturated heterocycles. The number of hydrogen-bond donors (Lipinski definition) is 2. The Balaban J connectivity index is 0.000000406. The molecule has 1 aliphatic carbocycles. The van der Waals surface area contributed by atoms with Gasteiger partial charge in [-0.05, 0) is 25.0 Å². The number of alkyl halides is 6. The van der Waals surface area contributed by atoms with E-state index in [-0.39, 0.29) is 24.1 Å². The number of carbonyl (C=O) groups is 2. The number of fused-ring (bicyclic) bond motifs is 1. The van der Waals surface area contributed by atoms with E-state index in [2.05, 4.69) is 15.3 Å². The van der Waals surface area contributed by atoms with Crippen LogP contribution in [0.15, 0.2) is 36.9 Å². The Hall–Kier alpha value is -3.35. The molecule has 0 bridgehead atoms.